The number of rotatable bonds is 4. The van der Waals surface area contributed by atoms with Gasteiger partial charge >= 0.3 is 0 Å². The van der Waals surface area contributed by atoms with Gasteiger partial charge in [0.05, 0.1) is 12.7 Å². The van der Waals surface area contributed by atoms with E-state index in [1.165, 1.54) is 19.3 Å². The van der Waals surface area contributed by atoms with Gasteiger partial charge in [0.2, 0.25) is 0 Å². The molecule has 1 saturated carbocycles. The molecule has 14 heavy (non-hydrogen) atoms. The first-order valence-corrected chi connectivity index (χ1v) is 5.56. The van der Waals surface area contributed by atoms with E-state index >= 15 is 0 Å². The van der Waals surface area contributed by atoms with Gasteiger partial charge < -0.3 is 9.64 Å². The van der Waals surface area contributed by atoms with E-state index in [2.05, 4.69) is 17.4 Å². The van der Waals surface area contributed by atoms with E-state index in [0.29, 0.717) is 6.04 Å². The van der Waals surface area contributed by atoms with Crippen LogP contribution in [0.4, 0.5) is 0 Å². The molecule has 0 bridgehead atoms. The van der Waals surface area contributed by atoms with Crippen molar-refractivity contribution in [3.05, 3.63) is 0 Å². The number of likely N-dealkylation sites (N-methyl/N-ethyl adjacent to an activating group) is 1. The van der Waals surface area contributed by atoms with Crippen LogP contribution in [0.3, 0.4) is 0 Å². The molecule has 0 spiro atoms. The van der Waals surface area contributed by atoms with Crippen molar-refractivity contribution in [2.75, 3.05) is 26.7 Å². The molecule has 0 aromatic heterocycles. The Kier molecular flexibility index (Phi) is 3.38. The van der Waals surface area contributed by atoms with Gasteiger partial charge in [-0.05, 0) is 19.4 Å². The van der Waals surface area contributed by atoms with Crippen molar-refractivity contribution in [3.63, 3.8) is 0 Å². The third-order valence-corrected chi connectivity index (χ3v) is 3.24. The van der Waals surface area contributed by atoms with Crippen LogP contribution in [0.5, 0.6) is 0 Å². The van der Waals surface area contributed by atoms with Crippen LogP contribution in [-0.2, 0) is 4.74 Å². The fraction of sp³-hybridized carbons (Fsp3) is 1.00. The van der Waals surface area contributed by atoms with Gasteiger partial charge in [0.15, 0.2) is 0 Å². The van der Waals surface area contributed by atoms with Crippen molar-refractivity contribution in [2.45, 2.75) is 31.4 Å². The van der Waals surface area contributed by atoms with Crippen LogP contribution in [0, 0.1) is 5.92 Å². The number of morpholine rings is 1. The number of nitrogens with two attached hydrogens (primary N) is 1. The lowest BCUT2D eigenvalue weighted by molar-refractivity contribution is -0.0408. The van der Waals surface area contributed by atoms with E-state index in [4.69, 9.17) is 10.6 Å². The molecule has 1 saturated heterocycles. The van der Waals surface area contributed by atoms with Crippen molar-refractivity contribution >= 4 is 0 Å². The summed E-state index contributed by atoms with van der Waals surface area (Å²) >= 11 is 0. The molecule has 0 aromatic carbocycles. The van der Waals surface area contributed by atoms with E-state index in [0.717, 1.165) is 25.6 Å². The summed E-state index contributed by atoms with van der Waals surface area (Å²) < 4.78 is 5.75. The second-order valence-corrected chi connectivity index (χ2v) is 4.62. The highest BCUT2D eigenvalue weighted by Gasteiger charge is 2.31. The number of hydrazine groups is 1. The largest absolute Gasteiger partial charge is 0.374 e. The Morgan fingerprint density at radius 1 is 1.57 bits per heavy atom. The van der Waals surface area contributed by atoms with Crippen molar-refractivity contribution in [1.82, 2.24) is 10.3 Å². The minimum Gasteiger partial charge on any atom is -0.374 e. The van der Waals surface area contributed by atoms with Crippen LogP contribution < -0.4 is 11.3 Å². The van der Waals surface area contributed by atoms with E-state index in [1.54, 1.807) is 0 Å². The molecular weight excluding hydrogens is 178 g/mol. The Morgan fingerprint density at radius 2 is 2.36 bits per heavy atom. The molecule has 82 valence electrons. The summed E-state index contributed by atoms with van der Waals surface area (Å²) in [4.78, 5) is 2.31. The van der Waals surface area contributed by atoms with Gasteiger partial charge in [-0.3, -0.25) is 11.3 Å². The van der Waals surface area contributed by atoms with Gasteiger partial charge in [-0.25, -0.2) is 0 Å². The summed E-state index contributed by atoms with van der Waals surface area (Å²) in [6.07, 6.45) is 4.20. The van der Waals surface area contributed by atoms with Crippen LogP contribution in [-0.4, -0.2) is 43.8 Å². The molecule has 4 heteroatoms. The molecule has 0 aromatic rings. The standard InChI is InChI=1S/C10H21N3O/c1-13-4-5-14-10(7-13)9(12-11)6-8-2-3-8/h8-10,12H,2-7,11H2,1H3. The minimum absolute atomic E-state index is 0.277. The van der Waals surface area contributed by atoms with E-state index in [9.17, 15) is 0 Å². The molecule has 2 fully saturated rings. The molecule has 2 aliphatic rings. The Morgan fingerprint density at radius 3 is 2.93 bits per heavy atom. The zero-order valence-corrected chi connectivity index (χ0v) is 8.91. The summed E-state index contributed by atoms with van der Waals surface area (Å²) in [5, 5.41) is 0. The third-order valence-electron chi connectivity index (χ3n) is 3.24. The maximum absolute atomic E-state index is 5.75. The highest BCUT2D eigenvalue weighted by Crippen LogP contribution is 2.34. The maximum atomic E-state index is 5.75. The Hall–Kier alpha value is -0.160. The van der Waals surface area contributed by atoms with Crippen molar-refractivity contribution in [3.8, 4) is 0 Å². The van der Waals surface area contributed by atoms with E-state index < -0.39 is 0 Å². The number of hydrogen-bond donors (Lipinski definition) is 2. The van der Waals surface area contributed by atoms with Crippen LogP contribution in [0.2, 0.25) is 0 Å². The van der Waals surface area contributed by atoms with Gasteiger partial charge in [0, 0.05) is 19.1 Å². The number of ether oxygens (including phenoxy) is 1. The Labute approximate surface area is 85.7 Å². The average molecular weight is 199 g/mol. The number of nitrogens with zero attached hydrogens (tertiary/aromatic N) is 1. The molecule has 2 atom stereocenters. The predicted octanol–water partition coefficient (Wildman–Crippen LogP) is -0.0510. The first-order chi connectivity index (χ1) is 6.79. The summed E-state index contributed by atoms with van der Waals surface area (Å²) in [6, 6.07) is 0.338. The zero-order chi connectivity index (χ0) is 9.97. The van der Waals surface area contributed by atoms with Crippen LogP contribution in [0.1, 0.15) is 19.3 Å². The molecule has 1 aliphatic heterocycles. The molecule has 1 aliphatic carbocycles. The molecule has 2 unspecified atom stereocenters. The highest BCUT2D eigenvalue weighted by molar-refractivity contribution is 4.86. The Balaban J connectivity index is 1.82. The van der Waals surface area contributed by atoms with Crippen molar-refractivity contribution in [2.24, 2.45) is 11.8 Å². The summed E-state index contributed by atoms with van der Waals surface area (Å²) in [5.74, 6) is 6.47. The van der Waals surface area contributed by atoms with Crippen LogP contribution in [0.25, 0.3) is 0 Å². The zero-order valence-electron chi connectivity index (χ0n) is 8.91. The molecule has 1 heterocycles. The lowest BCUT2D eigenvalue weighted by atomic mass is 10.0. The number of hydrogen-bond acceptors (Lipinski definition) is 4. The van der Waals surface area contributed by atoms with Crippen LogP contribution in [0.15, 0.2) is 0 Å². The molecule has 0 amide bonds. The summed E-state index contributed by atoms with van der Waals surface area (Å²) in [6.45, 7) is 2.88. The van der Waals surface area contributed by atoms with Crippen molar-refractivity contribution < 1.29 is 4.74 Å². The van der Waals surface area contributed by atoms with Gasteiger partial charge in [-0.2, -0.15) is 0 Å². The second kappa shape index (κ2) is 4.57. The quantitative estimate of drug-likeness (QED) is 0.492. The SMILES string of the molecule is CN1CCOC(C(CC2CC2)NN)C1. The molecule has 3 N–H and O–H groups in total. The molecular formula is C10H21N3O. The smallest absolute Gasteiger partial charge is 0.0868 e. The van der Waals surface area contributed by atoms with Gasteiger partial charge in [-0.15, -0.1) is 0 Å². The van der Waals surface area contributed by atoms with Gasteiger partial charge in [0.1, 0.15) is 0 Å². The van der Waals surface area contributed by atoms with Crippen LogP contribution >= 0.6 is 0 Å². The summed E-state index contributed by atoms with van der Waals surface area (Å²) in [5.41, 5.74) is 2.91. The first kappa shape index (κ1) is 10.4. The monoisotopic (exact) mass is 199 g/mol. The fourth-order valence-electron chi connectivity index (χ4n) is 2.09. The third kappa shape index (κ3) is 2.67. The van der Waals surface area contributed by atoms with E-state index in [-0.39, 0.29) is 6.10 Å². The second-order valence-electron chi connectivity index (χ2n) is 4.62. The predicted molar refractivity (Wildman–Crippen MR) is 55.7 cm³/mol. The minimum atomic E-state index is 0.277. The fourth-order valence-corrected chi connectivity index (χ4v) is 2.09. The number of nitrogens with one attached hydrogen (secondary N) is 1. The Bertz CT molecular complexity index is 182. The normalized spacial score (nSPS) is 31.7. The lowest BCUT2D eigenvalue weighted by Crippen LogP contribution is -2.53. The maximum Gasteiger partial charge on any atom is 0.0868 e. The molecule has 0 radical (unpaired) electrons. The first-order valence-electron chi connectivity index (χ1n) is 5.56. The molecule has 2 rings (SSSR count). The highest BCUT2D eigenvalue weighted by atomic mass is 16.5. The topological polar surface area (TPSA) is 50.5 Å². The molecule has 4 nitrogen and oxygen atoms in total. The lowest BCUT2D eigenvalue weighted by Gasteiger charge is -2.34. The van der Waals surface area contributed by atoms with Gasteiger partial charge in [0.25, 0.3) is 0 Å². The van der Waals surface area contributed by atoms with E-state index in [1.807, 2.05) is 0 Å². The summed E-state index contributed by atoms with van der Waals surface area (Å²) in [7, 11) is 2.14. The van der Waals surface area contributed by atoms with Crippen molar-refractivity contribution in [1.29, 1.82) is 0 Å². The van der Waals surface area contributed by atoms with Gasteiger partial charge in [-0.1, -0.05) is 12.8 Å². The average Bonchev–Trinajstić information content (AvgIpc) is 2.98.